The Balaban J connectivity index is 1.94. The second-order valence-corrected chi connectivity index (χ2v) is 6.91. The first-order valence-corrected chi connectivity index (χ1v) is 7.80. The molecule has 0 bridgehead atoms. The number of anilines is 1. The van der Waals surface area contributed by atoms with Crippen molar-refractivity contribution in [2.75, 3.05) is 5.32 Å². The normalized spacial score (nSPS) is 18.4. The summed E-state index contributed by atoms with van der Waals surface area (Å²) in [5, 5.41) is 15.2. The van der Waals surface area contributed by atoms with Crippen LogP contribution in [0.5, 0.6) is 0 Å². The van der Waals surface area contributed by atoms with Gasteiger partial charge < -0.3 is 10.4 Å². The summed E-state index contributed by atoms with van der Waals surface area (Å²) in [7, 11) is 0. The van der Waals surface area contributed by atoms with Gasteiger partial charge in [0.2, 0.25) is 5.91 Å². The summed E-state index contributed by atoms with van der Waals surface area (Å²) in [6.45, 7) is 3.92. The number of benzene rings is 1. The Bertz CT molecular complexity index is 887. The Hall–Kier alpha value is -2.84. The van der Waals surface area contributed by atoms with E-state index in [1.807, 2.05) is 13.8 Å². The first-order chi connectivity index (χ1) is 12.0. The topological polar surface area (TPSA) is 84.2 Å². The minimum absolute atomic E-state index is 0.00215. The largest absolute Gasteiger partial charge is 0.478 e. The molecule has 138 valence electrons. The van der Waals surface area contributed by atoms with Crippen molar-refractivity contribution in [2.45, 2.75) is 26.4 Å². The fourth-order valence-corrected chi connectivity index (χ4v) is 2.83. The van der Waals surface area contributed by atoms with E-state index >= 15 is 0 Å². The van der Waals surface area contributed by atoms with Crippen LogP contribution in [0.25, 0.3) is 5.69 Å². The number of amides is 1. The first kappa shape index (κ1) is 18.0. The molecular weight excluding hydrogens is 351 g/mol. The molecule has 0 aliphatic heterocycles. The molecule has 0 saturated heterocycles. The number of alkyl halides is 3. The summed E-state index contributed by atoms with van der Waals surface area (Å²) in [5.74, 6) is -2.06. The van der Waals surface area contributed by atoms with Crippen molar-refractivity contribution in [2.24, 2.45) is 11.3 Å². The van der Waals surface area contributed by atoms with Crippen molar-refractivity contribution in [1.29, 1.82) is 0 Å². The van der Waals surface area contributed by atoms with Gasteiger partial charge >= 0.3 is 12.1 Å². The zero-order valence-electron chi connectivity index (χ0n) is 14.0. The number of hydrogen-bond donors (Lipinski definition) is 2. The number of aromatic nitrogens is 2. The maximum Gasteiger partial charge on any atom is 0.434 e. The lowest BCUT2D eigenvalue weighted by atomic mass is 10.1. The monoisotopic (exact) mass is 367 g/mol. The molecule has 0 unspecified atom stereocenters. The third kappa shape index (κ3) is 3.29. The second kappa shape index (κ2) is 5.86. The molecule has 6 nitrogen and oxygen atoms in total. The van der Waals surface area contributed by atoms with Crippen LogP contribution in [-0.2, 0) is 11.0 Å². The average molecular weight is 367 g/mol. The second-order valence-electron chi connectivity index (χ2n) is 6.91. The van der Waals surface area contributed by atoms with E-state index in [2.05, 4.69) is 10.4 Å². The van der Waals surface area contributed by atoms with Crippen LogP contribution >= 0.6 is 0 Å². The zero-order chi connectivity index (χ0) is 19.3. The van der Waals surface area contributed by atoms with Crippen LogP contribution in [0.1, 0.15) is 36.3 Å². The van der Waals surface area contributed by atoms with Crippen LogP contribution in [0, 0.1) is 11.3 Å². The van der Waals surface area contributed by atoms with Gasteiger partial charge in [-0.2, -0.15) is 18.3 Å². The molecule has 2 N–H and O–H groups in total. The van der Waals surface area contributed by atoms with Gasteiger partial charge in [-0.05, 0) is 30.0 Å². The van der Waals surface area contributed by atoms with Crippen LogP contribution in [0.2, 0.25) is 0 Å². The van der Waals surface area contributed by atoms with E-state index in [9.17, 15) is 22.8 Å². The van der Waals surface area contributed by atoms with Crippen LogP contribution in [0.3, 0.4) is 0 Å². The lowest BCUT2D eigenvalue weighted by Crippen LogP contribution is -2.18. The highest BCUT2D eigenvalue weighted by Crippen LogP contribution is 2.52. The van der Waals surface area contributed by atoms with Gasteiger partial charge in [-0.25, -0.2) is 9.48 Å². The number of nitrogens with one attached hydrogen (secondary N) is 1. The van der Waals surface area contributed by atoms with Gasteiger partial charge in [0.05, 0.1) is 11.9 Å². The fraction of sp³-hybridized carbons (Fsp3) is 0.353. The fourth-order valence-electron chi connectivity index (χ4n) is 2.83. The van der Waals surface area contributed by atoms with Crippen molar-refractivity contribution in [3.05, 3.63) is 41.7 Å². The highest BCUT2D eigenvalue weighted by molar-refractivity contribution is 5.95. The number of hydrogen-bond acceptors (Lipinski definition) is 3. The number of rotatable bonds is 4. The third-order valence-electron chi connectivity index (χ3n) is 4.46. The van der Waals surface area contributed by atoms with Gasteiger partial charge in [-0.1, -0.05) is 19.9 Å². The molecule has 1 aromatic carbocycles. The average Bonchev–Trinajstić information content (AvgIpc) is 2.96. The van der Waals surface area contributed by atoms with E-state index in [0.29, 0.717) is 16.6 Å². The molecule has 1 aromatic heterocycles. The van der Waals surface area contributed by atoms with Gasteiger partial charge in [0.1, 0.15) is 5.56 Å². The van der Waals surface area contributed by atoms with Crippen LogP contribution in [0.4, 0.5) is 18.9 Å². The molecule has 2 aromatic rings. The van der Waals surface area contributed by atoms with Crippen molar-refractivity contribution in [1.82, 2.24) is 9.78 Å². The molecular formula is C17H16F3N3O3. The summed E-state index contributed by atoms with van der Waals surface area (Å²) < 4.78 is 40.4. The van der Waals surface area contributed by atoms with Crippen LogP contribution < -0.4 is 5.32 Å². The minimum Gasteiger partial charge on any atom is -0.478 e. The number of carbonyl (C=O) groups excluding carboxylic acids is 1. The van der Waals surface area contributed by atoms with E-state index in [1.165, 1.54) is 18.2 Å². The Morgan fingerprint density at radius 1 is 1.35 bits per heavy atom. The summed E-state index contributed by atoms with van der Waals surface area (Å²) in [4.78, 5) is 23.2. The molecule has 0 spiro atoms. The first-order valence-electron chi connectivity index (χ1n) is 7.80. The SMILES string of the molecule is CC1(C)C[C@@H]1C(=O)Nc1cccc(-n2ncc(C(=O)O)c2C(F)(F)F)c1. The van der Waals surface area contributed by atoms with E-state index in [4.69, 9.17) is 5.11 Å². The van der Waals surface area contributed by atoms with E-state index in [-0.39, 0.29) is 22.9 Å². The Labute approximate surface area is 146 Å². The minimum atomic E-state index is -4.90. The standard InChI is InChI=1S/C17H16F3N3O3/c1-16(2)7-12(16)14(24)22-9-4-3-5-10(6-9)23-13(17(18,19)20)11(8-21-23)15(25)26/h3-6,8,12H,7H2,1-2H3,(H,22,24)(H,25,26)/t12-/m1/s1. The van der Waals surface area contributed by atoms with Gasteiger partial charge in [-0.3, -0.25) is 4.79 Å². The Morgan fingerprint density at radius 2 is 2.00 bits per heavy atom. The van der Waals surface area contributed by atoms with Gasteiger partial charge in [0.15, 0.2) is 5.69 Å². The maximum atomic E-state index is 13.3. The van der Waals surface area contributed by atoms with Crippen LogP contribution in [-0.4, -0.2) is 26.8 Å². The van der Waals surface area contributed by atoms with Gasteiger partial charge in [0, 0.05) is 11.6 Å². The van der Waals surface area contributed by atoms with Gasteiger partial charge in [-0.15, -0.1) is 0 Å². The Kier molecular flexibility index (Phi) is 4.05. The number of carbonyl (C=O) groups is 2. The molecule has 1 amide bonds. The highest BCUT2D eigenvalue weighted by atomic mass is 19.4. The molecule has 9 heteroatoms. The third-order valence-corrected chi connectivity index (χ3v) is 4.46. The molecule has 1 saturated carbocycles. The Morgan fingerprint density at radius 3 is 2.54 bits per heavy atom. The molecule has 1 atom stereocenters. The zero-order valence-corrected chi connectivity index (χ0v) is 14.0. The summed E-state index contributed by atoms with van der Waals surface area (Å²) in [6.07, 6.45) is -3.50. The molecule has 1 aliphatic rings. The lowest BCUT2D eigenvalue weighted by molar-refractivity contribution is -0.143. The quantitative estimate of drug-likeness (QED) is 0.865. The van der Waals surface area contributed by atoms with E-state index < -0.39 is 23.4 Å². The molecule has 0 radical (unpaired) electrons. The number of nitrogens with zero attached hydrogens (tertiary/aromatic N) is 2. The lowest BCUT2D eigenvalue weighted by Gasteiger charge is -2.13. The van der Waals surface area contributed by atoms with E-state index in [0.717, 1.165) is 6.42 Å². The maximum absolute atomic E-state index is 13.3. The highest BCUT2D eigenvalue weighted by Gasteiger charge is 2.50. The number of aromatic carboxylic acids is 1. The summed E-state index contributed by atoms with van der Waals surface area (Å²) in [6, 6.07) is 5.68. The predicted molar refractivity (Wildman–Crippen MR) is 86.0 cm³/mol. The van der Waals surface area contributed by atoms with E-state index in [1.54, 1.807) is 6.07 Å². The summed E-state index contributed by atoms with van der Waals surface area (Å²) in [5.41, 5.74) is -2.08. The van der Waals surface area contributed by atoms with Gasteiger partial charge in [0.25, 0.3) is 0 Å². The van der Waals surface area contributed by atoms with Crippen molar-refractivity contribution in [3.8, 4) is 5.69 Å². The summed E-state index contributed by atoms with van der Waals surface area (Å²) >= 11 is 0. The molecule has 26 heavy (non-hydrogen) atoms. The van der Waals surface area contributed by atoms with Crippen molar-refractivity contribution >= 4 is 17.6 Å². The number of carboxylic acids is 1. The van der Waals surface area contributed by atoms with Crippen molar-refractivity contribution < 1.29 is 27.9 Å². The van der Waals surface area contributed by atoms with Crippen LogP contribution in [0.15, 0.2) is 30.5 Å². The van der Waals surface area contributed by atoms with Crippen molar-refractivity contribution in [3.63, 3.8) is 0 Å². The number of halogens is 3. The number of carboxylic acid groups (broad SMARTS) is 1. The molecule has 1 fully saturated rings. The molecule has 1 aliphatic carbocycles. The molecule has 3 rings (SSSR count). The molecule has 1 heterocycles. The predicted octanol–water partition coefficient (Wildman–Crippen LogP) is 3.57. The smallest absolute Gasteiger partial charge is 0.434 e.